The third-order valence-corrected chi connectivity index (χ3v) is 6.43. The topological polar surface area (TPSA) is 90.0 Å². The van der Waals surface area contributed by atoms with Crippen LogP contribution in [0, 0.1) is 0 Å². The largest absolute Gasteiger partial charge is 0.333 e. The van der Waals surface area contributed by atoms with Crippen molar-refractivity contribution >= 4 is 40.7 Å². The van der Waals surface area contributed by atoms with Crippen molar-refractivity contribution in [2.45, 2.75) is 25.0 Å². The molecule has 1 amide bonds. The lowest BCUT2D eigenvalue weighted by atomic mass is 10.1. The van der Waals surface area contributed by atoms with Gasteiger partial charge in [0, 0.05) is 44.0 Å². The first-order valence-electron chi connectivity index (χ1n) is 9.65. The Labute approximate surface area is 183 Å². The van der Waals surface area contributed by atoms with E-state index >= 15 is 0 Å². The number of carbonyl (C=O) groups is 1. The molecule has 2 aromatic heterocycles. The van der Waals surface area contributed by atoms with Crippen molar-refractivity contribution in [3.8, 4) is 0 Å². The van der Waals surface area contributed by atoms with Crippen molar-refractivity contribution in [3.63, 3.8) is 0 Å². The van der Waals surface area contributed by atoms with Crippen LogP contribution < -0.4 is 5.32 Å². The number of halogens is 2. The third kappa shape index (κ3) is 3.62. The maximum Gasteiger partial charge on any atom is 0.255 e. The van der Waals surface area contributed by atoms with Crippen LogP contribution in [0.3, 0.4) is 0 Å². The molecule has 2 aliphatic heterocycles. The molecule has 10 heteroatoms. The first-order valence-corrected chi connectivity index (χ1v) is 10.4. The summed E-state index contributed by atoms with van der Waals surface area (Å²) in [6, 6.07) is 7.46. The minimum absolute atomic E-state index is 0.0554. The standard InChI is InChI=1S/C20H19Cl2N7O/c21-16-3-1-2-15(19(16)22)20(30)29-11-13-6-14(29)10-28(13)9-12-7-23-8-18(25-12)26-17-4-5-24-27-17/h1-5,7-8,13-14H,6,9-11H2,(H2,24,25,26,27)/t13?,14-/m0/s1. The number of hydrogen-bond acceptors (Lipinski definition) is 6. The highest BCUT2D eigenvalue weighted by Gasteiger charge is 2.45. The quantitative estimate of drug-likeness (QED) is 0.628. The van der Waals surface area contributed by atoms with Gasteiger partial charge in [-0.05, 0) is 18.6 Å². The summed E-state index contributed by atoms with van der Waals surface area (Å²) in [5.74, 6) is 1.37. The molecule has 2 atom stereocenters. The number of anilines is 2. The number of hydrogen-bond donors (Lipinski definition) is 2. The van der Waals surface area contributed by atoms with Gasteiger partial charge < -0.3 is 10.2 Å². The molecule has 5 rings (SSSR count). The van der Waals surface area contributed by atoms with Crippen LogP contribution in [-0.2, 0) is 6.54 Å². The second-order valence-corrected chi connectivity index (χ2v) is 8.31. The van der Waals surface area contributed by atoms with Crippen molar-refractivity contribution in [2.24, 2.45) is 0 Å². The molecule has 30 heavy (non-hydrogen) atoms. The lowest BCUT2D eigenvalue weighted by molar-refractivity contribution is 0.0615. The maximum atomic E-state index is 13.0. The number of nitrogens with zero attached hydrogens (tertiary/aromatic N) is 5. The molecule has 2 saturated heterocycles. The summed E-state index contributed by atoms with van der Waals surface area (Å²) in [5.41, 5.74) is 1.34. The molecule has 1 aromatic carbocycles. The average molecular weight is 444 g/mol. The molecule has 2 bridgehead atoms. The van der Waals surface area contributed by atoms with E-state index in [1.54, 1.807) is 36.8 Å². The zero-order valence-electron chi connectivity index (χ0n) is 15.9. The van der Waals surface area contributed by atoms with Gasteiger partial charge in [-0.2, -0.15) is 5.10 Å². The fourth-order valence-corrected chi connectivity index (χ4v) is 4.61. The Hall–Kier alpha value is -2.68. The summed E-state index contributed by atoms with van der Waals surface area (Å²) in [4.78, 5) is 26.2. The molecule has 4 heterocycles. The number of carbonyl (C=O) groups excluding carboxylic acids is 1. The zero-order chi connectivity index (χ0) is 20.7. The van der Waals surface area contributed by atoms with Gasteiger partial charge in [-0.3, -0.25) is 19.8 Å². The number of fused-ring (bicyclic) bond motifs is 2. The number of amides is 1. The normalized spacial score (nSPS) is 20.7. The smallest absolute Gasteiger partial charge is 0.255 e. The molecule has 0 saturated carbocycles. The predicted octanol–water partition coefficient (Wildman–Crippen LogP) is 3.35. The highest BCUT2D eigenvalue weighted by atomic mass is 35.5. The molecule has 3 aromatic rings. The summed E-state index contributed by atoms with van der Waals surface area (Å²) >= 11 is 12.3. The first-order chi connectivity index (χ1) is 14.6. The number of benzene rings is 1. The Bertz CT molecular complexity index is 1070. The van der Waals surface area contributed by atoms with Crippen LogP contribution in [0.15, 0.2) is 42.9 Å². The van der Waals surface area contributed by atoms with E-state index in [2.05, 4.69) is 30.4 Å². The van der Waals surface area contributed by atoms with Gasteiger partial charge >= 0.3 is 0 Å². The van der Waals surface area contributed by atoms with E-state index in [9.17, 15) is 4.79 Å². The fraction of sp³-hybridized carbons (Fsp3) is 0.300. The Morgan fingerprint density at radius 1 is 1.20 bits per heavy atom. The summed E-state index contributed by atoms with van der Waals surface area (Å²) in [7, 11) is 0. The monoisotopic (exact) mass is 443 g/mol. The molecule has 8 nitrogen and oxygen atoms in total. The van der Waals surface area contributed by atoms with Gasteiger partial charge in [0.15, 0.2) is 0 Å². The fourth-order valence-electron chi connectivity index (χ4n) is 4.23. The number of rotatable bonds is 5. The van der Waals surface area contributed by atoms with E-state index < -0.39 is 0 Å². The van der Waals surface area contributed by atoms with Gasteiger partial charge in [-0.15, -0.1) is 0 Å². The van der Waals surface area contributed by atoms with Crippen molar-refractivity contribution in [1.29, 1.82) is 0 Å². The third-order valence-electron chi connectivity index (χ3n) is 5.61. The molecule has 0 aliphatic carbocycles. The molecule has 0 spiro atoms. The van der Waals surface area contributed by atoms with Crippen LogP contribution >= 0.6 is 23.2 Å². The molecule has 0 radical (unpaired) electrons. The van der Waals surface area contributed by atoms with Gasteiger partial charge in [0.25, 0.3) is 5.91 Å². The zero-order valence-corrected chi connectivity index (χ0v) is 17.4. The van der Waals surface area contributed by atoms with E-state index in [0.717, 1.165) is 24.5 Å². The van der Waals surface area contributed by atoms with Crippen LogP contribution in [0.1, 0.15) is 22.5 Å². The van der Waals surface area contributed by atoms with E-state index in [1.807, 2.05) is 11.0 Å². The Morgan fingerprint density at radius 3 is 2.87 bits per heavy atom. The lowest BCUT2D eigenvalue weighted by Gasteiger charge is -2.34. The summed E-state index contributed by atoms with van der Waals surface area (Å²) < 4.78 is 0. The highest BCUT2D eigenvalue weighted by Crippen LogP contribution is 2.35. The van der Waals surface area contributed by atoms with E-state index in [4.69, 9.17) is 23.2 Å². The summed E-state index contributed by atoms with van der Waals surface area (Å²) in [6.07, 6.45) is 6.07. The number of H-pyrrole nitrogens is 1. The van der Waals surface area contributed by atoms with Crippen molar-refractivity contribution < 1.29 is 4.79 Å². The van der Waals surface area contributed by atoms with Crippen molar-refractivity contribution in [3.05, 3.63) is 64.2 Å². The van der Waals surface area contributed by atoms with Crippen LogP contribution in [0.2, 0.25) is 10.0 Å². The minimum atomic E-state index is -0.0554. The number of likely N-dealkylation sites (tertiary alicyclic amines) is 2. The maximum absolute atomic E-state index is 13.0. The van der Waals surface area contributed by atoms with E-state index in [-0.39, 0.29) is 11.9 Å². The highest BCUT2D eigenvalue weighted by molar-refractivity contribution is 6.43. The molecular formula is C20H19Cl2N7O. The molecule has 2 aliphatic rings. The van der Waals surface area contributed by atoms with Gasteiger partial charge in [0.05, 0.1) is 33.7 Å². The average Bonchev–Trinajstić information content (AvgIpc) is 3.47. The van der Waals surface area contributed by atoms with Gasteiger partial charge in [0.1, 0.15) is 11.6 Å². The second-order valence-electron chi connectivity index (χ2n) is 7.52. The second kappa shape index (κ2) is 7.86. The van der Waals surface area contributed by atoms with Crippen LogP contribution in [0.4, 0.5) is 11.6 Å². The van der Waals surface area contributed by atoms with Crippen molar-refractivity contribution in [2.75, 3.05) is 18.4 Å². The summed E-state index contributed by atoms with van der Waals surface area (Å²) in [5, 5.41) is 10.6. The number of aromatic nitrogens is 4. The van der Waals surface area contributed by atoms with Crippen LogP contribution in [0.25, 0.3) is 0 Å². The van der Waals surface area contributed by atoms with Crippen LogP contribution in [-0.4, -0.2) is 61.0 Å². The van der Waals surface area contributed by atoms with E-state index in [0.29, 0.717) is 40.6 Å². The minimum Gasteiger partial charge on any atom is -0.333 e. The van der Waals surface area contributed by atoms with E-state index in [1.165, 1.54) is 0 Å². The van der Waals surface area contributed by atoms with Crippen molar-refractivity contribution in [1.82, 2.24) is 30.0 Å². The summed E-state index contributed by atoms with van der Waals surface area (Å²) in [6.45, 7) is 2.16. The SMILES string of the molecule is O=C(c1cccc(Cl)c1Cl)N1CC2C[C@H]1CN2Cc1cncc(Nc2ccn[nH]2)n1. The first kappa shape index (κ1) is 19.3. The predicted molar refractivity (Wildman–Crippen MR) is 114 cm³/mol. The molecule has 1 unspecified atom stereocenters. The van der Waals surface area contributed by atoms with Crippen LogP contribution in [0.5, 0.6) is 0 Å². The molecule has 154 valence electrons. The molecule has 2 fully saturated rings. The Morgan fingerprint density at radius 2 is 2.10 bits per heavy atom. The Kier molecular flexibility index (Phi) is 5.06. The molecular weight excluding hydrogens is 425 g/mol. The van der Waals surface area contributed by atoms with Gasteiger partial charge in [-0.1, -0.05) is 29.3 Å². The number of piperazine rings is 1. The lowest BCUT2D eigenvalue weighted by Crippen LogP contribution is -2.48. The van der Waals surface area contributed by atoms with Gasteiger partial charge in [-0.25, -0.2) is 4.98 Å². The number of aromatic amines is 1. The van der Waals surface area contributed by atoms with Gasteiger partial charge in [0.2, 0.25) is 0 Å². The number of nitrogens with one attached hydrogen (secondary N) is 2. The Balaban J connectivity index is 1.24. The molecule has 2 N–H and O–H groups in total.